The van der Waals surface area contributed by atoms with Gasteiger partial charge in [0, 0.05) is 19.3 Å². The van der Waals surface area contributed by atoms with E-state index in [2.05, 4.69) is 33.9 Å². The molecule has 6 heteroatoms. The fraction of sp³-hybridized carbons (Fsp3) is 0.500. The fourth-order valence-electron chi connectivity index (χ4n) is 2.48. The monoisotopic (exact) mass is 274 g/mol. The molecule has 1 aliphatic heterocycles. The van der Waals surface area contributed by atoms with E-state index in [4.69, 9.17) is 9.26 Å². The summed E-state index contributed by atoms with van der Waals surface area (Å²) in [5.74, 6) is 2.08. The van der Waals surface area contributed by atoms with Gasteiger partial charge in [0.15, 0.2) is 5.82 Å². The summed E-state index contributed by atoms with van der Waals surface area (Å²) in [4.78, 5) is 10.9. The maximum Gasteiger partial charge on any atom is 0.259 e. The highest BCUT2D eigenvalue weighted by Crippen LogP contribution is 2.22. The highest BCUT2D eigenvalue weighted by atomic mass is 16.5. The Morgan fingerprint density at radius 1 is 1.20 bits per heavy atom. The van der Waals surface area contributed by atoms with Crippen LogP contribution in [-0.4, -0.2) is 40.4 Å². The van der Waals surface area contributed by atoms with Crippen LogP contribution in [0, 0.1) is 6.92 Å². The van der Waals surface area contributed by atoms with Crippen molar-refractivity contribution in [2.24, 2.45) is 0 Å². The van der Waals surface area contributed by atoms with Gasteiger partial charge in [-0.15, -0.1) is 0 Å². The second-order valence-electron chi connectivity index (χ2n) is 5.21. The average Bonchev–Trinajstić information content (AvgIpc) is 2.84. The van der Waals surface area contributed by atoms with Crippen LogP contribution in [0.3, 0.4) is 0 Å². The zero-order valence-electron chi connectivity index (χ0n) is 11.9. The van der Waals surface area contributed by atoms with E-state index in [-0.39, 0.29) is 12.2 Å². The van der Waals surface area contributed by atoms with E-state index < -0.39 is 0 Å². The molecule has 0 N–H and O–H groups in total. The predicted molar refractivity (Wildman–Crippen MR) is 74.5 cm³/mol. The van der Waals surface area contributed by atoms with Crippen LogP contribution < -0.4 is 4.90 Å². The third kappa shape index (κ3) is 2.65. The zero-order chi connectivity index (χ0) is 14.1. The molecule has 0 saturated carbocycles. The lowest BCUT2D eigenvalue weighted by molar-refractivity contribution is -0.00545. The normalized spacial score (nSPS) is 23.1. The van der Waals surface area contributed by atoms with Crippen molar-refractivity contribution < 1.29 is 9.26 Å². The summed E-state index contributed by atoms with van der Waals surface area (Å²) in [6.45, 7) is 7.68. The number of hydrogen-bond acceptors (Lipinski definition) is 6. The molecule has 0 spiro atoms. The molecule has 1 saturated heterocycles. The van der Waals surface area contributed by atoms with E-state index in [1.54, 1.807) is 13.1 Å². The van der Waals surface area contributed by atoms with Gasteiger partial charge in [0.05, 0.1) is 17.8 Å². The minimum atomic E-state index is 0.221. The molecule has 1 aliphatic rings. The largest absolute Gasteiger partial charge is 0.372 e. The number of anilines is 1. The van der Waals surface area contributed by atoms with Crippen LogP contribution in [0.25, 0.3) is 11.5 Å². The molecule has 2 atom stereocenters. The van der Waals surface area contributed by atoms with Crippen LogP contribution in [0.4, 0.5) is 5.82 Å². The highest BCUT2D eigenvalue weighted by molar-refractivity contribution is 5.54. The molecule has 0 unspecified atom stereocenters. The molecule has 1 fully saturated rings. The number of aromatic nitrogens is 3. The van der Waals surface area contributed by atoms with Crippen molar-refractivity contribution in [3.63, 3.8) is 0 Å². The summed E-state index contributed by atoms with van der Waals surface area (Å²) >= 11 is 0. The van der Waals surface area contributed by atoms with Crippen molar-refractivity contribution in [2.45, 2.75) is 33.0 Å². The SMILES string of the molecule is Cc1noc(-c2ccc(N3C[C@@H](C)O[C@@H](C)C3)nc2)n1. The Bertz CT molecular complexity index is 571. The Kier molecular flexibility index (Phi) is 3.40. The van der Waals surface area contributed by atoms with Crippen LogP contribution in [0.2, 0.25) is 0 Å². The first kappa shape index (κ1) is 13.1. The van der Waals surface area contributed by atoms with Crippen molar-refractivity contribution >= 4 is 5.82 Å². The Morgan fingerprint density at radius 2 is 1.95 bits per heavy atom. The molecule has 106 valence electrons. The van der Waals surface area contributed by atoms with Gasteiger partial charge in [-0.3, -0.25) is 0 Å². The minimum Gasteiger partial charge on any atom is -0.372 e. The number of morpholine rings is 1. The molecule has 2 aromatic heterocycles. The van der Waals surface area contributed by atoms with E-state index in [9.17, 15) is 0 Å². The third-order valence-corrected chi connectivity index (χ3v) is 3.27. The highest BCUT2D eigenvalue weighted by Gasteiger charge is 2.23. The molecule has 0 radical (unpaired) electrons. The van der Waals surface area contributed by atoms with Crippen LogP contribution in [0.1, 0.15) is 19.7 Å². The van der Waals surface area contributed by atoms with Crippen LogP contribution in [-0.2, 0) is 4.74 Å². The number of hydrogen-bond donors (Lipinski definition) is 0. The van der Waals surface area contributed by atoms with Gasteiger partial charge in [0.2, 0.25) is 0 Å². The van der Waals surface area contributed by atoms with Crippen molar-refractivity contribution in [3.8, 4) is 11.5 Å². The molecule has 0 aliphatic carbocycles. The maximum absolute atomic E-state index is 5.73. The Balaban J connectivity index is 1.79. The van der Waals surface area contributed by atoms with Crippen molar-refractivity contribution in [3.05, 3.63) is 24.2 Å². The summed E-state index contributed by atoms with van der Waals surface area (Å²) in [6.07, 6.45) is 2.21. The second-order valence-corrected chi connectivity index (χ2v) is 5.21. The lowest BCUT2D eigenvalue weighted by Crippen LogP contribution is -2.45. The van der Waals surface area contributed by atoms with E-state index in [1.807, 2.05) is 12.1 Å². The summed E-state index contributed by atoms with van der Waals surface area (Å²) < 4.78 is 10.9. The van der Waals surface area contributed by atoms with Crippen molar-refractivity contribution in [2.75, 3.05) is 18.0 Å². The standard InChI is InChI=1S/C14H18N4O2/c1-9-7-18(8-10(2)19-9)13-5-4-12(6-15-13)14-16-11(3)17-20-14/h4-6,9-10H,7-8H2,1-3H3/t9-,10+. The van der Waals surface area contributed by atoms with E-state index >= 15 is 0 Å². The van der Waals surface area contributed by atoms with Crippen LogP contribution in [0.15, 0.2) is 22.9 Å². The first-order valence-corrected chi connectivity index (χ1v) is 6.79. The topological polar surface area (TPSA) is 64.3 Å². The van der Waals surface area contributed by atoms with Gasteiger partial charge in [-0.1, -0.05) is 5.16 Å². The first-order valence-electron chi connectivity index (χ1n) is 6.79. The fourth-order valence-corrected chi connectivity index (χ4v) is 2.48. The first-order chi connectivity index (χ1) is 9.61. The number of nitrogens with zero attached hydrogens (tertiary/aromatic N) is 4. The molecule has 2 aromatic rings. The van der Waals surface area contributed by atoms with Crippen molar-refractivity contribution in [1.29, 1.82) is 0 Å². The van der Waals surface area contributed by atoms with Gasteiger partial charge in [0.25, 0.3) is 5.89 Å². The summed E-state index contributed by atoms with van der Waals surface area (Å²) in [5, 5.41) is 3.78. The van der Waals surface area contributed by atoms with Gasteiger partial charge in [-0.2, -0.15) is 4.98 Å². The Hall–Kier alpha value is -1.95. The predicted octanol–water partition coefficient (Wildman–Crippen LogP) is 2.05. The molecule has 3 rings (SSSR count). The molecule has 6 nitrogen and oxygen atoms in total. The van der Waals surface area contributed by atoms with Gasteiger partial charge in [-0.05, 0) is 32.9 Å². The van der Waals surface area contributed by atoms with Gasteiger partial charge < -0.3 is 14.2 Å². The molecular formula is C14H18N4O2. The smallest absolute Gasteiger partial charge is 0.259 e. The molecule has 0 aromatic carbocycles. The van der Waals surface area contributed by atoms with Crippen LogP contribution >= 0.6 is 0 Å². The van der Waals surface area contributed by atoms with E-state index in [1.165, 1.54) is 0 Å². The molecule has 3 heterocycles. The lowest BCUT2D eigenvalue weighted by atomic mass is 10.2. The number of aryl methyl sites for hydroxylation is 1. The lowest BCUT2D eigenvalue weighted by Gasteiger charge is -2.36. The third-order valence-electron chi connectivity index (χ3n) is 3.27. The summed E-state index contributed by atoms with van der Waals surface area (Å²) in [7, 11) is 0. The summed E-state index contributed by atoms with van der Waals surface area (Å²) in [6, 6.07) is 3.94. The number of pyridine rings is 1. The Labute approximate surface area is 117 Å². The quantitative estimate of drug-likeness (QED) is 0.835. The average molecular weight is 274 g/mol. The van der Waals surface area contributed by atoms with Crippen LogP contribution in [0.5, 0.6) is 0 Å². The molecule has 20 heavy (non-hydrogen) atoms. The van der Waals surface area contributed by atoms with Gasteiger partial charge in [0.1, 0.15) is 5.82 Å². The van der Waals surface area contributed by atoms with Crippen molar-refractivity contribution in [1.82, 2.24) is 15.1 Å². The zero-order valence-corrected chi connectivity index (χ0v) is 11.9. The van der Waals surface area contributed by atoms with E-state index in [0.29, 0.717) is 11.7 Å². The second kappa shape index (κ2) is 5.20. The molecule has 0 bridgehead atoms. The maximum atomic E-state index is 5.73. The molecular weight excluding hydrogens is 256 g/mol. The summed E-state index contributed by atoms with van der Waals surface area (Å²) in [5.41, 5.74) is 0.837. The van der Waals surface area contributed by atoms with Gasteiger partial charge >= 0.3 is 0 Å². The molecule has 0 amide bonds. The van der Waals surface area contributed by atoms with E-state index in [0.717, 1.165) is 24.5 Å². The minimum absolute atomic E-state index is 0.221. The Morgan fingerprint density at radius 3 is 2.50 bits per heavy atom. The number of rotatable bonds is 2. The van der Waals surface area contributed by atoms with Gasteiger partial charge in [-0.25, -0.2) is 4.98 Å². The number of ether oxygens (including phenoxy) is 1.